The van der Waals surface area contributed by atoms with Crippen molar-refractivity contribution in [3.63, 3.8) is 0 Å². The molecule has 112 valence electrons. The largest absolute Gasteiger partial charge is 0.497 e. The molecule has 1 heterocycles. The molecule has 2 N–H and O–H groups in total. The Morgan fingerprint density at radius 3 is 2.73 bits per heavy atom. The van der Waals surface area contributed by atoms with E-state index < -0.39 is 0 Å². The Morgan fingerprint density at radius 1 is 1.09 bits per heavy atom. The van der Waals surface area contributed by atoms with Gasteiger partial charge in [-0.2, -0.15) is 0 Å². The van der Waals surface area contributed by atoms with Crippen LogP contribution in [0.4, 0.5) is 5.69 Å². The summed E-state index contributed by atoms with van der Waals surface area (Å²) in [5.74, 6) is 0.862. The van der Waals surface area contributed by atoms with Crippen molar-refractivity contribution in [2.45, 2.75) is 13.2 Å². The summed E-state index contributed by atoms with van der Waals surface area (Å²) in [6.45, 7) is 0.684. The highest BCUT2D eigenvalue weighted by atomic mass is 16.5. The van der Waals surface area contributed by atoms with E-state index in [0.717, 1.165) is 22.4 Å². The second-order valence-corrected chi connectivity index (χ2v) is 5.09. The number of aromatic nitrogens is 1. The highest BCUT2D eigenvalue weighted by Crippen LogP contribution is 2.22. The molecule has 2 aromatic carbocycles. The van der Waals surface area contributed by atoms with Gasteiger partial charge in [0.25, 0.3) is 0 Å². The normalized spacial score (nSPS) is 10.6. The molecule has 4 nitrogen and oxygen atoms in total. The van der Waals surface area contributed by atoms with Crippen LogP contribution >= 0.6 is 0 Å². The van der Waals surface area contributed by atoms with Crippen LogP contribution in [0.1, 0.15) is 11.1 Å². The molecule has 0 aliphatic carbocycles. The van der Waals surface area contributed by atoms with Crippen molar-refractivity contribution >= 4 is 16.5 Å². The van der Waals surface area contributed by atoms with Crippen LogP contribution in [0.2, 0.25) is 0 Å². The Balaban J connectivity index is 1.79. The van der Waals surface area contributed by atoms with E-state index >= 15 is 0 Å². The summed E-state index contributed by atoms with van der Waals surface area (Å²) in [7, 11) is 1.67. The predicted octanol–water partition coefficient (Wildman–Crippen LogP) is 3.35. The summed E-state index contributed by atoms with van der Waals surface area (Å²) < 4.78 is 5.24. The Hall–Kier alpha value is -2.59. The molecule has 0 saturated carbocycles. The summed E-state index contributed by atoms with van der Waals surface area (Å²) in [5.41, 5.74) is 2.88. The standard InChI is InChI=1S/C18H18N2O2/c1-22-17-5-4-14-8-13(2-3-15(14)9-17)10-20-18-11-19-7-6-16(18)12-21/h2-9,11,20-21H,10,12H2,1H3. The van der Waals surface area contributed by atoms with Gasteiger partial charge >= 0.3 is 0 Å². The molecular weight excluding hydrogens is 276 g/mol. The molecule has 0 unspecified atom stereocenters. The number of hydrogen-bond acceptors (Lipinski definition) is 4. The van der Waals surface area contributed by atoms with Gasteiger partial charge in [-0.15, -0.1) is 0 Å². The lowest BCUT2D eigenvalue weighted by atomic mass is 10.1. The minimum atomic E-state index is 0.00235. The smallest absolute Gasteiger partial charge is 0.119 e. The number of aliphatic hydroxyl groups is 1. The summed E-state index contributed by atoms with van der Waals surface area (Å²) in [6.07, 6.45) is 3.41. The average Bonchev–Trinajstić information content (AvgIpc) is 2.59. The van der Waals surface area contributed by atoms with E-state index in [1.165, 1.54) is 10.9 Å². The molecule has 3 rings (SSSR count). The zero-order valence-electron chi connectivity index (χ0n) is 12.4. The minimum absolute atomic E-state index is 0.00235. The van der Waals surface area contributed by atoms with E-state index in [1.54, 1.807) is 19.5 Å². The highest BCUT2D eigenvalue weighted by molar-refractivity contribution is 5.84. The van der Waals surface area contributed by atoms with Crippen molar-refractivity contribution in [3.05, 3.63) is 66.0 Å². The maximum absolute atomic E-state index is 9.33. The van der Waals surface area contributed by atoms with Crippen molar-refractivity contribution in [1.82, 2.24) is 4.98 Å². The van der Waals surface area contributed by atoms with Crippen LogP contribution in [0, 0.1) is 0 Å². The Morgan fingerprint density at radius 2 is 1.91 bits per heavy atom. The first-order chi connectivity index (χ1) is 10.8. The van der Waals surface area contributed by atoms with Crippen LogP contribution in [0.15, 0.2) is 54.9 Å². The molecule has 22 heavy (non-hydrogen) atoms. The predicted molar refractivity (Wildman–Crippen MR) is 88.0 cm³/mol. The molecule has 0 radical (unpaired) electrons. The molecule has 4 heteroatoms. The molecule has 0 saturated heterocycles. The zero-order valence-corrected chi connectivity index (χ0v) is 12.4. The fraction of sp³-hybridized carbons (Fsp3) is 0.167. The molecule has 0 amide bonds. The van der Waals surface area contributed by atoms with Crippen molar-refractivity contribution < 1.29 is 9.84 Å². The van der Waals surface area contributed by atoms with E-state index in [1.807, 2.05) is 18.2 Å². The number of anilines is 1. The first-order valence-corrected chi connectivity index (χ1v) is 7.14. The van der Waals surface area contributed by atoms with Crippen LogP contribution in [-0.2, 0) is 13.2 Å². The second-order valence-electron chi connectivity index (χ2n) is 5.09. The number of benzene rings is 2. The van der Waals surface area contributed by atoms with Crippen molar-refractivity contribution in [3.8, 4) is 5.75 Å². The summed E-state index contributed by atoms with van der Waals surface area (Å²) >= 11 is 0. The van der Waals surface area contributed by atoms with Gasteiger partial charge in [0.05, 0.1) is 25.6 Å². The van der Waals surface area contributed by atoms with E-state index in [4.69, 9.17) is 4.74 Å². The number of fused-ring (bicyclic) bond motifs is 1. The lowest BCUT2D eigenvalue weighted by molar-refractivity contribution is 0.282. The van der Waals surface area contributed by atoms with Crippen LogP contribution in [0.3, 0.4) is 0 Å². The molecule has 0 spiro atoms. The van der Waals surface area contributed by atoms with Gasteiger partial charge in [0.2, 0.25) is 0 Å². The maximum Gasteiger partial charge on any atom is 0.119 e. The highest BCUT2D eigenvalue weighted by Gasteiger charge is 2.02. The number of aliphatic hydroxyl groups excluding tert-OH is 1. The number of hydrogen-bond donors (Lipinski definition) is 2. The topological polar surface area (TPSA) is 54.4 Å². The second kappa shape index (κ2) is 6.45. The van der Waals surface area contributed by atoms with Gasteiger partial charge in [-0.05, 0) is 40.6 Å². The zero-order chi connectivity index (χ0) is 15.4. The summed E-state index contributed by atoms with van der Waals surface area (Å²) in [5, 5.41) is 15.0. The van der Waals surface area contributed by atoms with Gasteiger partial charge in [0, 0.05) is 18.3 Å². The van der Waals surface area contributed by atoms with Gasteiger partial charge < -0.3 is 15.2 Å². The molecule has 0 bridgehead atoms. The van der Waals surface area contributed by atoms with E-state index in [9.17, 15) is 5.11 Å². The van der Waals surface area contributed by atoms with E-state index in [2.05, 4.69) is 34.6 Å². The molecule has 1 aromatic heterocycles. The molecule has 0 aliphatic heterocycles. The van der Waals surface area contributed by atoms with Gasteiger partial charge in [-0.1, -0.05) is 18.2 Å². The van der Waals surface area contributed by atoms with Crippen LogP contribution in [-0.4, -0.2) is 17.2 Å². The number of nitrogens with one attached hydrogen (secondary N) is 1. The first kappa shape index (κ1) is 14.4. The van der Waals surface area contributed by atoms with E-state index in [0.29, 0.717) is 6.54 Å². The monoisotopic (exact) mass is 294 g/mol. The van der Waals surface area contributed by atoms with Crippen LogP contribution in [0.25, 0.3) is 10.8 Å². The minimum Gasteiger partial charge on any atom is -0.497 e. The van der Waals surface area contributed by atoms with Crippen molar-refractivity contribution in [1.29, 1.82) is 0 Å². The molecular formula is C18H18N2O2. The summed E-state index contributed by atoms with van der Waals surface area (Å²) in [6, 6.07) is 14.2. The number of ether oxygens (including phenoxy) is 1. The van der Waals surface area contributed by atoms with E-state index in [-0.39, 0.29) is 6.61 Å². The molecule has 0 atom stereocenters. The third kappa shape index (κ3) is 3.02. The van der Waals surface area contributed by atoms with Gasteiger partial charge in [0.15, 0.2) is 0 Å². The third-order valence-corrected chi connectivity index (χ3v) is 3.68. The fourth-order valence-electron chi connectivity index (χ4n) is 2.43. The Labute approximate surface area is 129 Å². The Kier molecular flexibility index (Phi) is 4.21. The molecule has 0 fully saturated rings. The van der Waals surface area contributed by atoms with Gasteiger partial charge in [-0.25, -0.2) is 0 Å². The number of pyridine rings is 1. The van der Waals surface area contributed by atoms with Crippen LogP contribution in [0.5, 0.6) is 5.75 Å². The quantitative estimate of drug-likeness (QED) is 0.757. The van der Waals surface area contributed by atoms with Gasteiger partial charge in [-0.3, -0.25) is 4.98 Å². The maximum atomic E-state index is 9.33. The third-order valence-electron chi connectivity index (χ3n) is 3.68. The molecule has 0 aliphatic rings. The van der Waals surface area contributed by atoms with Crippen molar-refractivity contribution in [2.24, 2.45) is 0 Å². The average molecular weight is 294 g/mol. The first-order valence-electron chi connectivity index (χ1n) is 7.14. The Bertz CT molecular complexity index is 787. The molecule has 3 aromatic rings. The number of nitrogens with zero attached hydrogens (tertiary/aromatic N) is 1. The van der Waals surface area contributed by atoms with Crippen LogP contribution < -0.4 is 10.1 Å². The fourth-order valence-corrected chi connectivity index (χ4v) is 2.43. The number of rotatable bonds is 5. The summed E-state index contributed by atoms with van der Waals surface area (Å²) in [4.78, 5) is 4.09. The van der Waals surface area contributed by atoms with Crippen molar-refractivity contribution in [2.75, 3.05) is 12.4 Å². The SMILES string of the molecule is COc1ccc2cc(CNc3cnccc3CO)ccc2c1. The lowest BCUT2D eigenvalue weighted by Gasteiger charge is -2.11. The lowest BCUT2D eigenvalue weighted by Crippen LogP contribution is -2.03. The number of methoxy groups -OCH3 is 1. The van der Waals surface area contributed by atoms with Gasteiger partial charge in [0.1, 0.15) is 5.75 Å².